The van der Waals surface area contributed by atoms with Crippen molar-refractivity contribution >= 4 is 34.1 Å². The third kappa shape index (κ3) is 4.36. The number of aliphatic carboxylic acids is 1. The largest absolute Gasteiger partial charge is 0.481 e. The van der Waals surface area contributed by atoms with Crippen LogP contribution in [-0.2, 0) is 9.59 Å². The summed E-state index contributed by atoms with van der Waals surface area (Å²) in [5.41, 5.74) is 0. The summed E-state index contributed by atoms with van der Waals surface area (Å²) in [6.07, 6.45) is 0. The lowest BCUT2D eigenvalue weighted by Crippen LogP contribution is -2.39. The molecule has 2 amide bonds. The Bertz CT molecular complexity index is 498. The molecule has 19 heavy (non-hydrogen) atoms. The molecular formula is C12H16N2O4S. The molecule has 0 saturated carbocycles. The number of carbonyl (C=O) groups excluding carboxylic acids is 2. The average molecular weight is 284 g/mol. The van der Waals surface area contributed by atoms with Crippen LogP contribution in [0.4, 0.5) is 5.00 Å². The van der Waals surface area contributed by atoms with Crippen LogP contribution in [0.5, 0.6) is 0 Å². The molecule has 0 bridgehead atoms. The number of carboxylic acid groups (broad SMARTS) is 1. The van der Waals surface area contributed by atoms with E-state index in [1.165, 1.54) is 13.8 Å². The van der Waals surface area contributed by atoms with E-state index in [1.54, 1.807) is 19.1 Å². The first-order valence-electron chi connectivity index (χ1n) is 5.72. The highest BCUT2D eigenvalue weighted by Crippen LogP contribution is 2.22. The molecule has 1 heterocycles. The summed E-state index contributed by atoms with van der Waals surface area (Å²) in [4.78, 5) is 34.0. The van der Waals surface area contributed by atoms with Crippen LogP contribution < -0.4 is 10.6 Å². The molecule has 1 rings (SSSR count). The fraction of sp³-hybridized carbons (Fsp3) is 0.417. The van der Waals surface area contributed by atoms with Crippen molar-refractivity contribution in [3.05, 3.63) is 17.0 Å². The highest BCUT2D eigenvalue weighted by atomic mass is 32.1. The van der Waals surface area contributed by atoms with Gasteiger partial charge in [-0.1, -0.05) is 0 Å². The van der Waals surface area contributed by atoms with Crippen LogP contribution in [0.3, 0.4) is 0 Å². The maximum Gasteiger partial charge on any atom is 0.308 e. The zero-order valence-electron chi connectivity index (χ0n) is 10.9. The quantitative estimate of drug-likeness (QED) is 0.764. The van der Waals surface area contributed by atoms with E-state index < -0.39 is 17.9 Å². The van der Waals surface area contributed by atoms with Gasteiger partial charge in [0.1, 0.15) is 0 Å². The first kappa shape index (κ1) is 15.2. The second-order valence-corrected chi connectivity index (χ2v) is 5.32. The molecule has 0 saturated heterocycles. The Balaban J connectivity index is 2.65. The minimum Gasteiger partial charge on any atom is -0.481 e. The van der Waals surface area contributed by atoms with E-state index in [1.807, 2.05) is 0 Å². The van der Waals surface area contributed by atoms with E-state index in [0.717, 1.165) is 11.3 Å². The summed E-state index contributed by atoms with van der Waals surface area (Å²) < 4.78 is 0. The lowest BCUT2D eigenvalue weighted by molar-refractivity contribution is -0.141. The number of hydrogen-bond acceptors (Lipinski definition) is 4. The van der Waals surface area contributed by atoms with E-state index in [9.17, 15) is 14.4 Å². The smallest absolute Gasteiger partial charge is 0.308 e. The highest BCUT2D eigenvalue weighted by Gasteiger charge is 2.22. The van der Waals surface area contributed by atoms with E-state index >= 15 is 0 Å². The Kier molecular flexibility index (Phi) is 5.05. The van der Waals surface area contributed by atoms with Gasteiger partial charge in [0, 0.05) is 13.0 Å². The Morgan fingerprint density at radius 2 is 1.89 bits per heavy atom. The lowest BCUT2D eigenvalue weighted by Gasteiger charge is -2.17. The number of rotatable bonds is 5. The molecule has 2 atom stereocenters. The van der Waals surface area contributed by atoms with Gasteiger partial charge in [0.05, 0.1) is 15.8 Å². The Morgan fingerprint density at radius 3 is 2.42 bits per heavy atom. The van der Waals surface area contributed by atoms with Gasteiger partial charge in [-0.25, -0.2) is 0 Å². The summed E-state index contributed by atoms with van der Waals surface area (Å²) in [5, 5.41) is 14.6. The average Bonchev–Trinajstić information content (AvgIpc) is 2.75. The van der Waals surface area contributed by atoms with Crippen LogP contribution in [0.25, 0.3) is 0 Å². The molecule has 0 aliphatic rings. The zero-order chi connectivity index (χ0) is 14.6. The van der Waals surface area contributed by atoms with Crippen molar-refractivity contribution in [1.29, 1.82) is 0 Å². The van der Waals surface area contributed by atoms with Crippen molar-refractivity contribution < 1.29 is 19.5 Å². The van der Waals surface area contributed by atoms with Crippen molar-refractivity contribution in [2.75, 3.05) is 5.32 Å². The Morgan fingerprint density at radius 1 is 1.26 bits per heavy atom. The number of anilines is 1. The number of carbonyl (C=O) groups is 3. The summed E-state index contributed by atoms with van der Waals surface area (Å²) >= 11 is 1.14. The number of amides is 2. The van der Waals surface area contributed by atoms with E-state index in [-0.39, 0.29) is 11.8 Å². The third-order valence-corrected chi connectivity index (χ3v) is 3.63. The monoisotopic (exact) mass is 284 g/mol. The van der Waals surface area contributed by atoms with E-state index in [0.29, 0.717) is 9.88 Å². The van der Waals surface area contributed by atoms with Gasteiger partial charge in [-0.05, 0) is 26.0 Å². The van der Waals surface area contributed by atoms with Gasteiger partial charge in [0.2, 0.25) is 5.91 Å². The Hall–Kier alpha value is -1.89. The van der Waals surface area contributed by atoms with Crippen LogP contribution in [0.1, 0.15) is 30.4 Å². The van der Waals surface area contributed by atoms with Crippen LogP contribution in [0.15, 0.2) is 12.1 Å². The van der Waals surface area contributed by atoms with Gasteiger partial charge in [-0.2, -0.15) is 0 Å². The number of nitrogens with one attached hydrogen (secondary N) is 2. The second kappa shape index (κ2) is 6.33. The van der Waals surface area contributed by atoms with Crippen molar-refractivity contribution in [2.45, 2.75) is 26.8 Å². The summed E-state index contributed by atoms with van der Waals surface area (Å²) in [6, 6.07) is 2.74. The van der Waals surface area contributed by atoms with Crippen molar-refractivity contribution in [3.8, 4) is 0 Å². The highest BCUT2D eigenvalue weighted by molar-refractivity contribution is 7.18. The first-order valence-corrected chi connectivity index (χ1v) is 6.54. The molecule has 2 unspecified atom stereocenters. The lowest BCUT2D eigenvalue weighted by atomic mass is 10.0. The number of carboxylic acids is 1. The maximum atomic E-state index is 11.9. The van der Waals surface area contributed by atoms with Crippen LogP contribution in [-0.4, -0.2) is 28.9 Å². The molecule has 1 aromatic rings. The van der Waals surface area contributed by atoms with Gasteiger partial charge in [-0.3, -0.25) is 14.4 Å². The van der Waals surface area contributed by atoms with Crippen LogP contribution >= 0.6 is 11.3 Å². The standard InChI is InChI=1S/C12H16N2O4S/c1-6(12(17)18)7(2)13-11(16)9-4-5-10(19-9)14-8(3)15/h4-7H,1-3H3,(H,13,16)(H,14,15)(H,17,18). The zero-order valence-corrected chi connectivity index (χ0v) is 11.7. The van der Waals surface area contributed by atoms with Crippen molar-refractivity contribution in [3.63, 3.8) is 0 Å². The van der Waals surface area contributed by atoms with Gasteiger partial charge < -0.3 is 15.7 Å². The molecule has 1 aromatic heterocycles. The SMILES string of the molecule is CC(=O)Nc1ccc(C(=O)NC(C)C(C)C(=O)O)s1. The summed E-state index contributed by atoms with van der Waals surface area (Å²) in [6.45, 7) is 4.56. The maximum absolute atomic E-state index is 11.9. The topological polar surface area (TPSA) is 95.5 Å². The third-order valence-electron chi connectivity index (χ3n) is 2.63. The number of thiophene rings is 1. The van der Waals surface area contributed by atoms with Crippen LogP contribution in [0, 0.1) is 5.92 Å². The molecule has 3 N–H and O–H groups in total. The van der Waals surface area contributed by atoms with Gasteiger partial charge in [0.15, 0.2) is 0 Å². The fourth-order valence-electron chi connectivity index (χ4n) is 1.32. The predicted molar refractivity (Wildman–Crippen MR) is 72.4 cm³/mol. The van der Waals surface area contributed by atoms with Gasteiger partial charge in [0.25, 0.3) is 5.91 Å². The first-order chi connectivity index (χ1) is 8.81. The number of hydrogen-bond donors (Lipinski definition) is 3. The molecule has 0 aliphatic carbocycles. The molecule has 0 aliphatic heterocycles. The summed E-state index contributed by atoms with van der Waals surface area (Å²) in [7, 11) is 0. The molecule has 0 aromatic carbocycles. The normalized spacial score (nSPS) is 13.4. The molecule has 0 spiro atoms. The minimum absolute atomic E-state index is 0.207. The summed E-state index contributed by atoms with van der Waals surface area (Å²) in [5.74, 6) is -2.18. The van der Waals surface area contributed by atoms with Crippen LogP contribution in [0.2, 0.25) is 0 Å². The van der Waals surface area contributed by atoms with E-state index in [4.69, 9.17) is 5.11 Å². The van der Waals surface area contributed by atoms with Gasteiger partial charge >= 0.3 is 5.97 Å². The fourth-order valence-corrected chi connectivity index (χ4v) is 2.17. The van der Waals surface area contributed by atoms with Crippen molar-refractivity contribution in [2.24, 2.45) is 5.92 Å². The van der Waals surface area contributed by atoms with Crippen molar-refractivity contribution in [1.82, 2.24) is 5.32 Å². The molecular weight excluding hydrogens is 268 g/mol. The predicted octanol–water partition coefficient (Wildman–Crippen LogP) is 1.55. The molecule has 7 heteroatoms. The van der Waals surface area contributed by atoms with E-state index in [2.05, 4.69) is 10.6 Å². The molecule has 6 nitrogen and oxygen atoms in total. The molecule has 104 valence electrons. The van der Waals surface area contributed by atoms with Gasteiger partial charge in [-0.15, -0.1) is 11.3 Å². The molecule has 0 fully saturated rings. The second-order valence-electron chi connectivity index (χ2n) is 4.23. The Labute approximate surface area is 114 Å². The molecule has 0 radical (unpaired) electrons. The minimum atomic E-state index is -0.960.